The first-order chi connectivity index (χ1) is 30.0. The van der Waals surface area contributed by atoms with Crippen LogP contribution in [-0.2, 0) is 28.6 Å². The lowest BCUT2D eigenvalue weighted by molar-refractivity contribution is -0.167. The number of rotatable bonds is 50. The van der Waals surface area contributed by atoms with Gasteiger partial charge in [-0.2, -0.15) is 0 Å². The molecule has 1 unspecified atom stereocenters. The molecule has 0 bridgehead atoms. The van der Waals surface area contributed by atoms with Crippen molar-refractivity contribution in [2.24, 2.45) is 0 Å². The number of hydrogen-bond acceptors (Lipinski definition) is 6. The van der Waals surface area contributed by atoms with Crippen molar-refractivity contribution in [2.75, 3.05) is 13.2 Å². The van der Waals surface area contributed by atoms with Gasteiger partial charge in [-0.25, -0.2) is 0 Å². The molecule has 0 aromatic heterocycles. The molecule has 0 aliphatic heterocycles. The minimum absolute atomic E-state index is 0.0662. The molecule has 0 radical (unpaired) electrons. The van der Waals surface area contributed by atoms with E-state index in [-0.39, 0.29) is 31.1 Å². The number of allylic oxidation sites excluding steroid dienone is 2. The Hall–Kier alpha value is -1.85. The predicted octanol–water partition coefficient (Wildman–Crippen LogP) is 17.8. The van der Waals surface area contributed by atoms with Crippen LogP contribution in [0.1, 0.15) is 303 Å². The van der Waals surface area contributed by atoms with Crippen LogP contribution in [0.5, 0.6) is 0 Å². The minimum Gasteiger partial charge on any atom is -0.462 e. The van der Waals surface area contributed by atoms with E-state index in [2.05, 4.69) is 32.9 Å². The van der Waals surface area contributed by atoms with Crippen LogP contribution in [-0.4, -0.2) is 37.2 Å². The first-order valence-electron chi connectivity index (χ1n) is 27.2. The van der Waals surface area contributed by atoms with Crippen LogP contribution in [0.15, 0.2) is 12.2 Å². The van der Waals surface area contributed by atoms with Gasteiger partial charge in [-0.15, -0.1) is 0 Å². The average molecular weight is 861 g/mol. The third-order valence-electron chi connectivity index (χ3n) is 12.3. The van der Waals surface area contributed by atoms with Gasteiger partial charge in [-0.05, 0) is 44.9 Å². The van der Waals surface area contributed by atoms with E-state index in [0.717, 1.165) is 64.2 Å². The molecule has 0 N–H and O–H groups in total. The molecule has 0 saturated carbocycles. The maximum atomic E-state index is 12.7. The normalized spacial score (nSPS) is 12.0. The summed E-state index contributed by atoms with van der Waals surface area (Å²) in [5, 5.41) is 0. The second kappa shape index (κ2) is 50.8. The molecule has 0 amide bonds. The van der Waals surface area contributed by atoms with Gasteiger partial charge in [-0.3, -0.25) is 14.4 Å². The molecule has 0 aliphatic carbocycles. The predicted molar refractivity (Wildman–Crippen MR) is 261 cm³/mol. The SMILES string of the molecule is CCCCCCCCCC/C=C\CCCCCCCCCCCCCC(=O)OCC(COC(=O)CCCCCCC)OC(=O)CCCCCCCCCCCCCCCCC. The van der Waals surface area contributed by atoms with Gasteiger partial charge in [0, 0.05) is 19.3 Å². The standard InChI is InChI=1S/C55H104O6/c1-4-7-10-13-15-17-19-21-23-24-25-26-27-28-29-30-32-33-35-37-39-42-45-48-54(57)60-51-52(50-59-53(56)47-44-41-12-9-6-3)61-55(58)49-46-43-40-38-36-34-31-22-20-18-16-14-11-8-5-2/h24-25,52H,4-23,26-51H2,1-3H3/b25-24-. The third-order valence-corrected chi connectivity index (χ3v) is 12.3. The van der Waals surface area contributed by atoms with Crippen LogP contribution in [0, 0.1) is 0 Å². The molecule has 0 fully saturated rings. The Balaban J connectivity index is 4.04. The molecule has 0 saturated heterocycles. The summed E-state index contributed by atoms with van der Waals surface area (Å²) in [6.45, 7) is 6.60. The number of esters is 3. The number of ether oxygens (including phenoxy) is 3. The first kappa shape index (κ1) is 59.1. The molecule has 0 spiro atoms. The van der Waals surface area contributed by atoms with Crippen LogP contribution in [0.3, 0.4) is 0 Å². The fourth-order valence-electron chi connectivity index (χ4n) is 8.14. The molecule has 61 heavy (non-hydrogen) atoms. The molecule has 0 aromatic rings. The van der Waals surface area contributed by atoms with Crippen molar-refractivity contribution in [3.63, 3.8) is 0 Å². The van der Waals surface area contributed by atoms with Crippen molar-refractivity contribution in [3.05, 3.63) is 12.2 Å². The zero-order valence-electron chi connectivity index (χ0n) is 41.2. The van der Waals surface area contributed by atoms with Crippen LogP contribution in [0.25, 0.3) is 0 Å². The third kappa shape index (κ3) is 49.0. The van der Waals surface area contributed by atoms with E-state index in [0.29, 0.717) is 19.3 Å². The van der Waals surface area contributed by atoms with Crippen molar-refractivity contribution < 1.29 is 28.6 Å². The maximum absolute atomic E-state index is 12.7. The molecule has 0 aliphatic rings. The van der Waals surface area contributed by atoms with Gasteiger partial charge in [-0.1, -0.05) is 251 Å². The Kier molecular flexibility index (Phi) is 49.3. The summed E-state index contributed by atoms with van der Waals surface area (Å²) >= 11 is 0. The average Bonchev–Trinajstić information content (AvgIpc) is 3.26. The van der Waals surface area contributed by atoms with E-state index in [1.807, 2.05) is 0 Å². The van der Waals surface area contributed by atoms with Crippen molar-refractivity contribution in [1.82, 2.24) is 0 Å². The second-order valence-electron chi connectivity index (χ2n) is 18.5. The molecule has 1 atom stereocenters. The quantitative estimate of drug-likeness (QED) is 0.0262. The highest BCUT2D eigenvalue weighted by molar-refractivity contribution is 5.71. The minimum atomic E-state index is -0.761. The molecular weight excluding hydrogens is 757 g/mol. The maximum Gasteiger partial charge on any atom is 0.306 e. The molecule has 360 valence electrons. The lowest BCUT2D eigenvalue weighted by atomic mass is 10.0. The summed E-state index contributed by atoms with van der Waals surface area (Å²) in [6.07, 6.45) is 56.7. The topological polar surface area (TPSA) is 78.9 Å². The van der Waals surface area contributed by atoms with E-state index in [4.69, 9.17) is 14.2 Å². The van der Waals surface area contributed by atoms with Crippen LogP contribution >= 0.6 is 0 Å². The number of carbonyl (C=O) groups is 3. The Labute approximate surface area is 380 Å². The van der Waals surface area contributed by atoms with Gasteiger partial charge < -0.3 is 14.2 Å². The second-order valence-corrected chi connectivity index (χ2v) is 18.5. The van der Waals surface area contributed by atoms with Gasteiger partial charge in [0.1, 0.15) is 13.2 Å². The fraction of sp³-hybridized carbons (Fsp3) is 0.909. The zero-order chi connectivity index (χ0) is 44.4. The van der Waals surface area contributed by atoms with Gasteiger partial charge >= 0.3 is 17.9 Å². The highest BCUT2D eigenvalue weighted by atomic mass is 16.6. The molecule has 0 rings (SSSR count). The highest BCUT2D eigenvalue weighted by Crippen LogP contribution is 2.16. The molecule has 0 aromatic carbocycles. The van der Waals surface area contributed by atoms with Crippen molar-refractivity contribution >= 4 is 17.9 Å². The lowest BCUT2D eigenvalue weighted by Gasteiger charge is -2.18. The molecule has 6 nitrogen and oxygen atoms in total. The monoisotopic (exact) mass is 861 g/mol. The Bertz CT molecular complexity index is 947. The summed E-state index contributed by atoms with van der Waals surface area (Å²) in [6, 6.07) is 0. The Morgan fingerprint density at radius 3 is 0.820 bits per heavy atom. The van der Waals surface area contributed by atoms with Gasteiger partial charge in [0.2, 0.25) is 0 Å². The van der Waals surface area contributed by atoms with E-state index in [9.17, 15) is 14.4 Å². The van der Waals surface area contributed by atoms with Crippen LogP contribution in [0.4, 0.5) is 0 Å². The van der Waals surface area contributed by atoms with Crippen molar-refractivity contribution in [3.8, 4) is 0 Å². The van der Waals surface area contributed by atoms with Gasteiger partial charge in [0.15, 0.2) is 6.10 Å². The summed E-state index contributed by atoms with van der Waals surface area (Å²) in [4.78, 5) is 37.7. The van der Waals surface area contributed by atoms with Crippen molar-refractivity contribution in [1.29, 1.82) is 0 Å². The molecular formula is C55H104O6. The zero-order valence-corrected chi connectivity index (χ0v) is 41.2. The van der Waals surface area contributed by atoms with E-state index >= 15 is 0 Å². The van der Waals surface area contributed by atoms with E-state index in [1.165, 1.54) is 199 Å². The number of unbranched alkanes of at least 4 members (excludes halogenated alkanes) is 37. The number of carbonyl (C=O) groups excluding carboxylic acids is 3. The number of hydrogen-bond donors (Lipinski definition) is 0. The summed E-state index contributed by atoms with van der Waals surface area (Å²) < 4.78 is 16.7. The van der Waals surface area contributed by atoms with E-state index in [1.54, 1.807) is 0 Å². The van der Waals surface area contributed by atoms with Gasteiger partial charge in [0.05, 0.1) is 0 Å². The summed E-state index contributed by atoms with van der Waals surface area (Å²) in [5.41, 5.74) is 0. The molecule has 6 heteroatoms. The summed E-state index contributed by atoms with van der Waals surface area (Å²) in [7, 11) is 0. The first-order valence-corrected chi connectivity index (χ1v) is 27.2. The Morgan fingerprint density at radius 2 is 0.541 bits per heavy atom. The highest BCUT2D eigenvalue weighted by Gasteiger charge is 2.19. The van der Waals surface area contributed by atoms with Crippen LogP contribution < -0.4 is 0 Å². The van der Waals surface area contributed by atoms with Gasteiger partial charge in [0.25, 0.3) is 0 Å². The van der Waals surface area contributed by atoms with Crippen LogP contribution in [0.2, 0.25) is 0 Å². The Morgan fingerprint density at radius 1 is 0.311 bits per heavy atom. The lowest BCUT2D eigenvalue weighted by Crippen LogP contribution is -2.30. The fourth-order valence-corrected chi connectivity index (χ4v) is 8.14. The van der Waals surface area contributed by atoms with Crippen molar-refractivity contribution in [2.45, 2.75) is 309 Å². The molecule has 0 heterocycles. The largest absolute Gasteiger partial charge is 0.462 e. The van der Waals surface area contributed by atoms with E-state index < -0.39 is 6.10 Å². The smallest absolute Gasteiger partial charge is 0.306 e. The summed E-state index contributed by atoms with van der Waals surface area (Å²) in [5.74, 6) is -0.864.